The molecule has 1 unspecified atom stereocenters. The van der Waals surface area contributed by atoms with Crippen molar-refractivity contribution < 1.29 is 19.7 Å². The highest BCUT2D eigenvalue weighted by atomic mass is 16.6. The first kappa shape index (κ1) is 19.1. The van der Waals surface area contributed by atoms with Gasteiger partial charge in [0.15, 0.2) is 11.5 Å². The number of nitrogens with zero attached hydrogens (tertiary/aromatic N) is 1. The molecule has 2 aliphatic heterocycles. The third kappa shape index (κ3) is 1.80. The van der Waals surface area contributed by atoms with E-state index in [4.69, 9.17) is 9.47 Å². The molecule has 5 nitrogen and oxygen atoms in total. The van der Waals surface area contributed by atoms with E-state index >= 15 is 0 Å². The van der Waals surface area contributed by atoms with Crippen LogP contribution in [0.3, 0.4) is 0 Å². The Morgan fingerprint density at radius 2 is 2.13 bits per heavy atom. The van der Waals surface area contributed by atoms with Crippen LogP contribution in [0.5, 0.6) is 11.5 Å². The maximum absolute atomic E-state index is 11.7. The fraction of sp³-hybridized carbons (Fsp3) is 0.680. The first-order valence-electron chi connectivity index (χ1n) is 11.5. The third-order valence-electron chi connectivity index (χ3n) is 9.58. The summed E-state index contributed by atoms with van der Waals surface area (Å²) in [6, 6.07) is 4.23. The van der Waals surface area contributed by atoms with Crippen LogP contribution in [0.1, 0.15) is 50.7 Å². The summed E-state index contributed by atoms with van der Waals surface area (Å²) in [5.74, 6) is 0.823. The van der Waals surface area contributed by atoms with Crippen molar-refractivity contribution in [2.45, 2.75) is 74.7 Å². The van der Waals surface area contributed by atoms with Gasteiger partial charge in [-0.25, -0.2) is 0 Å². The van der Waals surface area contributed by atoms with Crippen LogP contribution in [-0.2, 0) is 16.6 Å². The maximum atomic E-state index is 11.7. The molecule has 2 N–H and O–H groups in total. The topological polar surface area (TPSA) is 62.2 Å². The number of benzene rings is 1. The van der Waals surface area contributed by atoms with Crippen molar-refractivity contribution in [3.8, 4) is 11.5 Å². The molecule has 5 heteroatoms. The van der Waals surface area contributed by atoms with Crippen molar-refractivity contribution >= 4 is 0 Å². The Bertz CT molecular complexity index is 957. The summed E-state index contributed by atoms with van der Waals surface area (Å²) in [7, 11) is 4.00. The number of ether oxygens (including phenoxy) is 2. The summed E-state index contributed by atoms with van der Waals surface area (Å²) in [5.41, 5.74) is 0.625. The molecule has 2 spiro atoms. The number of methoxy groups -OCH3 is 1. The average Bonchev–Trinajstić information content (AvgIpc) is 3.09. The van der Waals surface area contributed by atoms with E-state index in [0.717, 1.165) is 38.6 Å². The normalized spacial score (nSPS) is 44.5. The van der Waals surface area contributed by atoms with E-state index in [9.17, 15) is 10.2 Å². The van der Waals surface area contributed by atoms with Gasteiger partial charge in [-0.1, -0.05) is 31.6 Å². The van der Waals surface area contributed by atoms with Crippen molar-refractivity contribution in [2.75, 3.05) is 20.7 Å². The zero-order valence-electron chi connectivity index (χ0n) is 18.4. The second kappa shape index (κ2) is 5.62. The van der Waals surface area contributed by atoms with Crippen molar-refractivity contribution in [1.82, 2.24) is 4.90 Å². The van der Waals surface area contributed by atoms with Crippen LogP contribution < -0.4 is 4.74 Å². The fourth-order valence-corrected chi connectivity index (χ4v) is 8.44. The molecule has 1 saturated heterocycles. The van der Waals surface area contributed by atoms with Gasteiger partial charge in [0, 0.05) is 30.0 Å². The van der Waals surface area contributed by atoms with E-state index in [1.807, 2.05) is 6.92 Å². The molecule has 1 aromatic carbocycles. The van der Waals surface area contributed by atoms with Gasteiger partial charge in [0.2, 0.25) is 0 Å². The Morgan fingerprint density at radius 1 is 1.33 bits per heavy atom. The van der Waals surface area contributed by atoms with Crippen LogP contribution in [0.25, 0.3) is 0 Å². The average molecular weight is 412 g/mol. The van der Waals surface area contributed by atoms with Crippen LogP contribution in [0, 0.1) is 11.3 Å². The molecule has 2 heterocycles. The van der Waals surface area contributed by atoms with Gasteiger partial charge in [-0.05, 0) is 57.8 Å². The number of fused-ring (bicyclic) bond motifs is 1. The van der Waals surface area contributed by atoms with Crippen molar-refractivity contribution in [3.63, 3.8) is 0 Å². The quantitative estimate of drug-likeness (QED) is 0.746. The maximum Gasteiger partial charge on any atom is 0.165 e. The molecule has 1 saturated carbocycles. The van der Waals surface area contributed by atoms with Gasteiger partial charge in [0.05, 0.1) is 11.0 Å². The number of likely N-dealkylation sites (tertiary alicyclic amines) is 1. The zero-order valence-corrected chi connectivity index (χ0v) is 18.4. The minimum atomic E-state index is -0.850. The van der Waals surface area contributed by atoms with Gasteiger partial charge in [-0.3, -0.25) is 0 Å². The van der Waals surface area contributed by atoms with Gasteiger partial charge >= 0.3 is 0 Å². The minimum Gasteiger partial charge on any atom is -0.504 e. The molecular formula is C25H33NO4. The second-order valence-corrected chi connectivity index (χ2v) is 10.7. The van der Waals surface area contributed by atoms with E-state index in [-0.39, 0.29) is 28.6 Å². The zero-order chi connectivity index (χ0) is 21.1. The fourth-order valence-electron chi connectivity index (χ4n) is 8.44. The summed E-state index contributed by atoms with van der Waals surface area (Å²) >= 11 is 0. The lowest BCUT2D eigenvalue weighted by atomic mass is 9.36. The largest absolute Gasteiger partial charge is 0.504 e. The van der Waals surface area contributed by atoms with E-state index in [1.165, 1.54) is 11.1 Å². The van der Waals surface area contributed by atoms with E-state index in [1.54, 1.807) is 13.2 Å². The number of rotatable bonds is 4. The molecule has 30 heavy (non-hydrogen) atoms. The Morgan fingerprint density at radius 3 is 2.87 bits per heavy atom. The second-order valence-electron chi connectivity index (χ2n) is 10.7. The number of hydrogen-bond acceptors (Lipinski definition) is 5. The van der Waals surface area contributed by atoms with Gasteiger partial charge in [-0.15, -0.1) is 0 Å². The third-order valence-corrected chi connectivity index (χ3v) is 9.58. The summed E-state index contributed by atoms with van der Waals surface area (Å²) in [4.78, 5) is 2.51. The molecule has 0 radical (unpaired) electrons. The monoisotopic (exact) mass is 411 g/mol. The molecule has 7 atom stereocenters. The van der Waals surface area contributed by atoms with Crippen LogP contribution in [0.15, 0.2) is 24.3 Å². The van der Waals surface area contributed by atoms with E-state index < -0.39 is 11.2 Å². The molecule has 6 aliphatic rings. The molecule has 4 aliphatic carbocycles. The molecule has 0 amide bonds. The Kier molecular flexibility index (Phi) is 3.59. The van der Waals surface area contributed by atoms with Crippen LogP contribution in [0.4, 0.5) is 0 Å². The first-order valence-corrected chi connectivity index (χ1v) is 11.5. The molecule has 4 bridgehead atoms. The number of likely N-dealkylation sites (N-methyl/N-ethyl adjacent to an activating group) is 1. The van der Waals surface area contributed by atoms with Crippen LogP contribution in [-0.4, -0.2) is 59.2 Å². The molecule has 0 aromatic heterocycles. The Balaban J connectivity index is 1.66. The minimum absolute atomic E-state index is 0.0647. The number of phenols is 1. The van der Waals surface area contributed by atoms with Gasteiger partial charge in [-0.2, -0.15) is 0 Å². The number of hydrogen-bond donors (Lipinski definition) is 2. The highest BCUT2D eigenvalue weighted by Gasteiger charge is 2.80. The molecular weight excluding hydrogens is 378 g/mol. The van der Waals surface area contributed by atoms with Gasteiger partial charge in [0.25, 0.3) is 0 Å². The number of phenolic OH excluding ortho intramolecular Hbond substituents is 1. The van der Waals surface area contributed by atoms with E-state index in [0.29, 0.717) is 11.8 Å². The summed E-state index contributed by atoms with van der Waals surface area (Å²) < 4.78 is 13.1. The van der Waals surface area contributed by atoms with Gasteiger partial charge < -0.3 is 24.6 Å². The van der Waals surface area contributed by atoms with Crippen molar-refractivity contribution in [2.24, 2.45) is 11.3 Å². The predicted octanol–water partition coefficient (Wildman–Crippen LogP) is 3.16. The van der Waals surface area contributed by atoms with Crippen LogP contribution in [0.2, 0.25) is 0 Å². The first-order chi connectivity index (χ1) is 14.3. The Labute approximate surface area is 178 Å². The van der Waals surface area contributed by atoms with Gasteiger partial charge in [0.1, 0.15) is 11.7 Å². The molecule has 162 valence electrons. The van der Waals surface area contributed by atoms with Crippen LogP contribution >= 0.6 is 0 Å². The summed E-state index contributed by atoms with van der Waals surface area (Å²) in [6.07, 6.45) is 8.86. The number of piperidine rings is 1. The molecule has 2 fully saturated rings. The lowest BCUT2D eigenvalue weighted by molar-refractivity contribution is -0.247. The predicted molar refractivity (Wildman–Crippen MR) is 114 cm³/mol. The standard InChI is InChI=1S/C25H33NO4/c1-5-8-22(2,28)17-14-23-9-10-25(17,29-4)21-24(23)11-12-26(3)18(23)13-15-6-7-16(27)20(30-21)19(15)24/h6-7,9-10,17-18,21,27-28H,5,8,11-14H2,1-4H3/t17-,18-,21+,22+,23?,24-,25-/m1/s1. The highest BCUT2D eigenvalue weighted by molar-refractivity contribution is 5.65. The lowest BCUT2D eigenvalue weighted by Gasteiger charge is -2.72. The SMILES string of the molecule is CCC[C@](C)(O)[C@H]1CC23C=C[C@]1(OC)[C@H]1Oc4c(O)ccc5c4[C@]12CCN(C)[C@@H]3C5. The number of aromatic hydroxyl groups is 1. The van der Waals surface area contributed by atoms with Crippen molar-refractivity contribution in [1.29, 1.82) is 0 Å². The molecule has 7 rings (SSSR count). The summed E-state index contributed by atoms with van der Waals surface area (Å²) in [5, 5.41) is 22.4. The summed E-state index contributed by atoms with van der Waals surface area (Å²) in [6.45, 7) is 5.11. The Hall–Kier alpha value is -1.56. The lowest BCUT2D eigenvalue weighted by Crippen LogP contribution is -2.80. The van der Waals surface area contributed by atoms with E-state index in [2.05, 4.69) is 37.1 Å². The smallest absolute Gasteiger partial charge is 0.165 e. The number of aliphatic hydroxyl groups is 1. The molecule has 1 aromatic rings. The van der Waals surface area contributed by atoms with Crippen molar-refractivity contribution in [3.05, 3.63) is 35.4 Å². The highest BCUT2D eigenvalue weighted by Crippen LogP contribution is 2.75.